The molecular formula is C12H17N5O3. The van der Waals surface area contributed by atoms with Gasteiger partial charge in [-0.05, 0) is 37.6 Å². The van der Waals surface area contributed by atoms with Gasteiger partial charge in [-0.1, -0.05) is 0 Å². The number of aromatic nitrogens is 4. The van der Waals surface area contributed by atoms with Gasteiger partial charge in [0.05, 0.1) is 6.26 Å². The summed E-state index contributed by atoms with van der Waals surface area (Å²) in [7, 11) is 0. The molecule has 0 spiro atoms. The number of carbonyl (C=O) groups is 1. The Morgan fingerprint density at radius 1 is 1.55 bits per heavy atom. The maximum Gasteiger partial charge on any atom is 0.244 e. The summed E-state index contributed by atoms with van der Waals surface area (Å²) >= 11 is 0. The Bertz CT molecular complexity index is 561. The van der Waals surface area contributed by atoms with Crippen LogP contribution in [0.25, 0.3) is 11.6 Å². The van der Waals surface area contributed by atoms with Gasteiger partial charge in [-0.3, -0.25) is 4.79 Å². The number of rotatable bonds is 6. The van der Waals surface area contributed by atoms with Gasteiger partial charge in [-0.15, -0.1) is 10.2 Å². The van der Waals surface area contributed by atoms with Crippen LogP contribution in [0.3, 0.4) is 0 Å². The number of hydrogen-bond acceptors (Lipinski definition) is 6. The Kier molecular flexibility index (Phi) is 4.14. The lowest BCUT2D eigenvalue weighted by molar-refractivity contribution is -0.123. The molecule has 2 N–H and O–H groups in total. The molecule has 0 atom stereocenters. The topological polar surface area (TPSA) is 106 Å². The number of nitrogens with one attached hydrogen (secondary N) is 1. The van der Waals surface area contributed by atoms with Crippen molar-refractivity contribution in [3.8, 4) is 11.6 Å². The number of furan rings is 1. The lowest BCUT2D eigenvalue weighted by Crippen LogP contribution is -2.45. The highest BCUT2D eigenvalue weighted by molar-refractivity contribution is 5.76. The van der Waals surface area contributed by atoms with Gasteiger partial charge in [0.1, 0.15) is 6.54 Å². The maximum absolute atomic E-state index is 11.9. The van der Waals surface area contributed by atoms with E-state index in [4.69, 9.17) is 9.52 Å². The molecule has 0 radical (unpaired) electrons. The van der Waals surface area contributed by atoms with E-state index in [1.165, 1.54) is 11.1 Å². The van der Waals surface area contributed by atoms with E-state index < -0.39 is 5.54 Å². The second-order valence-corrected chi connectivity index (χ2v) is 5.03. The second kappa shape index (κ2) is 5.83. The van der Waals surface area contributed by atoms with Crippen molar-refractivity contribution in [1.82, 2.24) is 25.5 Å². The van der Waals surface area contributed by atoms with Crippen LogP contribution in [0.2, 0.25) is 0 Å². The number of hydrogen-bond donors (Lipinski definition) is 2. The minimum absolute atomic E-state index is 0.0114. The SMILES string of the molecule is CC(C)(CCO)NC(=O)Cn1nnc(-c2ccco2)n1. The zero-order valence-corrected chi connectivity index (χ0v) is 11.4. The normalized spacial score (nSPS) is 11.6. The van der Waals surface area contributed by atoms with Gasteiger partial charge in [-0.25, -0.2) is 0 Å². The lowest BCUT2D eigenvalue weighted by atomic mass is 10.0. The average molecular weight is 279 g/mol. The van der Waals surface area contributed by atoms with Gasteiger partial charge in [0.25, 0.3) is 0 Å². The summed E-state index contributed by atoms with van der Waals surface area (Å²) < 4.78 is 5.14. The Labute approximate surface area is 115 Å². The molecule has 2 aromatic heterocycles. The molecule has 0 aliphatic heterocycles. The third-order valence-electron chi connectivity index (χ3n) is 2.69. The molecule has 2 heterocycles. The molecule has 20 heavy (non-hydrogen) atoms. The summed E-state index contributed by atoms with van der Waals surface area (Å²) in [6, 6.07) is 3.44. The first-order chi connectivity index (χ1) is 9.50. The fraction of sp³-hybridized carbons (Fsp3) is 0.500. The highest BCUT2D eigenvalue weighted by Crippen LogP contribution is 2.13. The Hall–Kier alpha value is -2.22. The van der Waals surface area contributed by atoms with Gasteiger partial charge < -0.3 is 14.8 Å². The average Bonchev–Trinajstić information content (AvgIpc) is 2.96. The molecule has 0 saturated heterocycles. The van der Waals surface area contributed by atoms with E-state index in [0.29, 0.717) is 18.0 Å². The highest BCUT2D eigenvalue weighted by atomic mass is 16.3. The molecule has 0 aliphatic carbocycles. The van der Waals surface area contributed by atoms with Crippen LogP contribution in [-0.2, 0) is 11.3 Å². The molecule has 0 saturated carbocycles. The summed E-state index contributed by atoms with van der Waals surface area (Å²) in [6.07, 6.45) is 1.99. The van der Waals surface area contributed by atoms with Gasteiger partial charge in [0.2, 0.25) is 11.7 Å². The van der Waals surface area contributed by atoms with Crippen LogP contribution in [0, 0.1) is 0 Å². The number of amides is 1. The zero-order chi connectivity index (χ0) is 14.6. The molecule has 0 unspecified atom stereocenters. The minimum atomic E-state index is -0.476. The Balaban J connectivity index is 1.95. The van der Waals surface area contributed by atoms with Crippen molar-refractivity contribution in [2.75, 3.05) is 6.61 Å². The van der Waals surface area contributed by atoms with Crippen molar-refractivity contribution in [2.45, 2.75) is 32.4 Å². The standard InChI is InChI=1S/C12H17N5O3/c1-12(2,5-6-18)13-10(19)8-17-15-11(14-16-17)9-4-3-7-20-9/h3-4,7,18H,5-6,8H2,1-2H3,(H,13,19). The van der Waals surface area contributed by atoms with E-state index in [2.05, 4.69) is 20.7 Å². The first-order valence-electron chi connectivity index (χ1n) is 6.24. The van der Waals surface area contributed by atoms with Crippen LogP contribution in [0.4, 0.5) is 0 Å². The molecule has 2 rings (SSSR count). The predicted molar refractivity (Wildman–Crippen MR) is 69.4 cm³/mol. The van der Waals surface area contributed by atoms with Crippen molar-refractivity contribution in [2.24, 2.45) is 0 Å². The minimum Gasteiger partial charge on any atom is -0.461 e. The maximum atomic E-state index is 11.9. The van der Waals surface area contributed by atoms with E-state index in [-0.39, 0.29) is 19.1 Å². The van der Waals surface area contributed by atoms with Crippen LogP contribution in [0.1, 0.15) is 20.3 Å². The Morgan fingerprint density at radius 2 is 2.35 bits per heavy atom. The predicted octanol–water partition coefficient (Wildman–Crippen LogP) is 0.210. The lowest BCUT2D eigenvalue weighted by Gasteiger charge is -2.25. The largest absolute Gasteiger partial charge is 0.461 e. The van der Waals surface area contributed by atoms with E-state index in [0.717, 1.165) is 0 Å². The van der Waals surface area contributed by atoms with E-state index in [9.17, 15) is 4.79 Å². The summed E-state index contributed by atoms with van der Waals surface area (Å²) in [5, 5.41) is 23.4. The second-order valence-electron chi connectivity index (χ2n) is 5.03. The van der Waals surface area contributed by atoms with E-state index >= 15 is 0 Å². The van der Waals surface area contributed by atoms with Crippen LogP contribution in [0.15, 0.2) is 22.8 Å². The van der Waals surface area contributed by atoms with Crippen LogP contribution in [0.5, 0.6) is 0 Å². The van der Waals surface area contributed by atoms with Crippen LogP contribution in [-0.4, -0.2) is 43.4 Å². The van der Waals surface area contributed by atoms with Crippen molar-refractivity contribution in [1.29, 1.82) is 0 Å². The van der Waals surface area contributed by atoms with Crippen molar-refractivity contribution in [3.63, 3.8) is 0 Å². The fourth-order valence-electron chi connectivity index (χ4n) is 1.70. The quantitative estimate of drug-likeness (QED) is 0.783. The van der Waals surface area contributed by atoms with Gasteiger partial charge in [-0.2, -0.15) is 4.80 Å². The summed E-state index contributed by atoms with van der Waals surface area (Å²) in [5.41, 5.74) is -0.476. The van der Waals surface area contributed by atoms with Crippen LogP contribution >= 0.6 is 0 Å². The summed E-state index contributed by atoms with van der Waals surface area (Å²) in [5.74, 6) is 0.585. The molecule has 0 aliphatic rings. The summed E-state index contributed by atoms with van der Waals surface area (Å²) in [6.45, 7) is 3.65. The van der Waals surface area contributed by atoms with Crippen molar-refractivity contribution < 1.29 is 14.3 Å². The first kappa shape index (κ1) is 14.2. The molecule has 0 bridgehead atoms. The van der Waals surface area contributed by atoms with Gasteiger partial charge in [0, 0.05) is 12.1 Å². The highest BCUT2D eigenvalue weighted by Gasteiger charge is 2.20. The van der Waals surface area contributed by atoms with Crippen molar-refractivity contribution in [3.05, 3.63) is 18.4 Å². The fourth-order valence-corrected chi connectivity index (χ4v) is 1.70. The molecule has 108 valence electrons. The van der Waals surface area contributed by atoms with Crippen LogP contribution < -0.4 is 5.32 Å². The number of aliphatic hydroxyl groups is 1. The number of nitrogens with zero attached hydrogens (tertiary/aromatic N) is 4. The third kappa shape index (κ3) is 3.64. The molecule has 0 aromatic carbocycles. The molecule has 8 heteroatoms. The number of aliphatic hydroxyl groups excluding tert-OH is 1. The number of carbonyl (C=O) groups excluding carboxylic acids is 1. The molecule has 1 amide bonds. The molecule has 8 nitrogen and oxygen atoms in total. The third-order valence-corrected chi connectivity index (χ3v) is 2.69. The molecular weight excluding hydrogens is 262 g/mol. The first-order valence-corrected chi connectivity index (χ1v) is 6.24. The van der Waals surface area contributed by atoms with E-state index in [1.54, 1.807) is 12.1 Å². The van der Waals surface area contributed by atoms with Gasteiger partial charge in [0.15, 0.2) is 5.76 Å². The Morgan fingerprint density at radius 3 is 3.00 bits per heavy atom. The molecule has 0 fully saturated rings. The smallest absolute Gasteiger partial charge is 0.244 e. The van der Waals surface area contributed by atoms with Gasteiger partial charge >= 0.3 is 0 Å². The zero-order valence-electron chi connectivity index (χ0n) is 11.4. The van der Waals surface area contributed by atoms with Crippen molar-refractivity contribution >= 4 is 5.91 Å². The molecule has 2 aromatic rings. The number of tetrazole rings is 1. The monoisotopic (exact) mass is 279 g/mol. The summed E-state index contributed by atoms with van der Waals surface area (Å²) in [4.78, 5) is 13.1. The van der Waals surface area contributed by atoms with E-state index in [1.807, 2.05) is 13.8 Å².